The van der Waals surface area contributed by atoms with Gasteiger partial charge >= 0.3 is 37.7 Å². The zero-order valence-electron chi connectivity index (χ0n) is 38.4. The van der Waals surface area contributed by atoms with Crippen molar-refractivity contribution < 1.29 is 66.9 Å². The van der Waals surface area contributed by atoms with Crippen LogP contribution in [0, 0.1) is 0 Å². The predicted molar refractivity (Wildman–Crippen MR) is 219 cm³/mol. The Morgan fingerprint density at radius 3 is 0.911 bits per heavy atom. The molecule has 0 amide bonds. The predicted octanol–water partition coefficient (Wildman–Crippen LogP) is 1.98. The second-order valence-electron chi connectivity index (χ2n) is 19.4. The Kier molecular flexibility index (Phi) is 23.0. The maximum Gasteiger partial charge on any atom is 1.00 e. The smallest absolute Gasteiger partial charge is 0.872 e. The summed E-state index contributed by atoms with van der Waals surface area (Å²) in [4.78, 5) is 4.64. The molecular weight excluding hydrogens is 690 g/mol. The van der Waals surface area contributed by atoms with Crippen molar-refractivity contribution in [3.63, 3.8) is 0 Å². The minimum atomic E-state index is -0.127. The Bertz CT molecular complexity index is 1280. The summed E-state index contributed by atoms with van der Waals surface area (Å²) < 4.78 is 20.7. The van der Waals surface area contributed by atoms with Gasteiger partial charge in [0, 0.05) is 65.7 Å². The van der Waals surface area contributed by atoms with Gasteiger partial charge in [-0.05, 0) is 80.7 Å². The molecule has 4 fully saturated rings. The van der Waals surface area contributed by atoms with E-state index in [1.54, 1.807) is 0 Å². The van der Waals surface area contributed by atoms with Gasteiger partial charge in [0.05, 0.1) is 26.4 Å². The summed E-state index contributed by atoms with van der Waals surface area (Å²) in [6.45, 7) is 38.1. The molecule has 0 atom stereocenters. The summed E-state index contributed by atoms with van der Waals surface area (Å²) in [6.07, 6.45) is 5.11. The monoisotopic (exact) mass is 767 g/mol. The number of ether oxygens (including phenoxy) is 4. The van der Waals surface area contributed by atoms with Crippen molar-refractivity contribution in [3.05, 3.63) is 57.6 Å². The minimum Gasteiger partial charge on any atom is -0.872 e. The number of hydrogen-bond acceptors (Lipinski definition) is 8. The van der Waals surface area contributed by atoms with Crippen molar-refractivity contribution in [1.29, 1.82) is 0 Å². The van der Waals surface area contributed by atoms with Crippen LogP contribution in [0.5, 0.6) is 11.5 Å². The summed E-state index contributed by atoms with van der Waals surface area (Å²) in [5.41, 5.74) is 6.07. The van der Waals surface area contributed by atoms with Crippen molar-refractivity contribution in [3.8, 4) is 11.5 Å². The van der Waals surface area contributed by atoms with Crippen LogP contribution in [0.2, 0.25) is 0 Å². The third kappa shape index (κ3) is 18.1. The molecular formula is C46H76Li2N2O6. The van der Waals surface area contributed by atoms with Crippen molar-refractivity contribution >= 4 is 0 Å². The number of rotatable bonds is 4. The van der Waals surface area contributed by atoms with Gasteiger partial charge in [0.25, 0.3) is 0 Å². The van der Waals surface area contributed by atoms with Crippen LogP contribution in [-0.2, 0) is 53.7 Å². The third-order valence-electron chi connectivity index (χ3n) is 10.3. The van der Waals surface area contributed by atoms with Crippen molar-refractivity contribution in [2.75, 3.05) is 79.0 Å². The fraction of sp³-hybridized carbons (Fsp3) is 0.739. The summed E-state index contributed by atoms with van der Waals surface area (Å²) in [7, 11) is 0. The second kappa shape index (κ2) is 24.3. The van der Waals surface area contributed by atoms with Crippen LogP contribution >= 0.6 is 0 Å². The molecule has 10 heteroatoms. The summed E-state index contributed by atoms with van der Waals surface area (Å²) in [5, 5.41) is 25.8. The SMILES string of the molecule is C1CCOC1.C1CCOC1.CC(C)(C)c1cc(CN2CCOCC2)c([O-])c(C(C)(C)C)c1.CC(C)(C)c1cc(CN2CCOCC2)c([O-])c(C(C)(C)C)c1.[Li+].[Li+]. The average molecular weight is 767 g/mol. The van der Waals surface area contributed by atoms with Crippen LogP contribution in [0.4, 0.5) is 0 Å². The Hall–Kier alpha value is -1.01. The number of benzene rings is 2. The molecule has 4 aliphatic heterocycles. The van der Waals surface area contributed by atoms with E-state index in [4.69, 9.17) is 18.9 Å². The minimum absolute atomic E-state index is 0. The van der Waals surface area contributed by atoms with Gasteiger partial charge in [-0.15, -0.1) is 11.5 Å². The topological polar surface area (TPSA) is 89.5 Å². The van der Waals surface area contributed by atoms with Crippen LogP contribution in [0.25, 0.3) is 0 Å². The van der Waals surface area contributed by atoms with Crippen LogP contribution in [0.1, 0.15) is 142 Å². The normalized spacial score (nSPS) is 18.2. The second-order valence-corrected chi connectivity index (χ2v) is 19.4. The molecule has 0 radical (unpaired) electrons. The van der Waals surface area contributed by atoms with E-state index in [2.05, 4.69) is 117 Å². The Labute approximate surface area is 366 Å². The van der Waals surface area contributed by atoms with E-state index < -0.39 is 0 Å². The Morgan fingerprint density at radius 2 is 0.696 bits per heavy atom. The molecule has 0 aromatic heterocycles. The zero-order chi connectivity index (χ0) is 40.2. The van der Waals surface area contributed by atoms with E-state index in [0.29, 0.717) is 0 Å². The Balaban J connectivity index is 0.000000434. The molecule has 56 heavy (non-hydrogen) atoms. The van der Waals surface area contributed by atoms with Crippen LogP contribution in [0.15, 0.2) is 24.3 Å². The first-order chi connectivity index (χ1) is 25.2. The molecule has 4 heterocycles. The summed E-state index contributed by atoms with van der Waals surface area (Å²) >= 11 is 0. The maximum atomic E-state index is 12.9. The fourth-order valence-corrected chi connectivity index (χ4v) is 6.61. The van der Waals surface area contributed by atoms with Gasteiger partial charge in [0.1, 0.15) is 0 Å². The molecule has 2 aromatic carbocycles. The largest absolute Gasteiger partial charge is 1.00 e. The molecule has 0 N–H and O–H groups in total. The van der Waals surface area contributed by atoms with Crippen molar-refractivity contribution in [2.24, 2.45) is 0 Å². The molecule has 0 bridgehead atoms. The van der Waals surface area contributed by atoms with Crippen LogP contribution in [0.3, 0.4) is 0 Å². The first kappa shape index (κ1) is 53.0. The number of nitrogens with zero attached hydrogens (tertiary/aromatic N) is 2. The van der Waals surface area contributed by atoms with Crippen LogP contribution in [-0.4, -0.2) is 88.8 Å². The van der Waals surface area contributed by atoms with Gasteiger partial charge in [-0.2, -0.15) is 0 Å². The van der Waals surface area contributed by atoms with Gasteiger partial charge in [0.2, 0.25) is 0 Å². The van der Waals surface area contributed by atoms with Gasteiger partial charge in [-0.3, -0.25) is 9.80 Å². The van der Waals surface area contributed by atoms with Gasteiger partial charge < -0.3 is 29.2 Å². The third-order valence-corrected chi connectivity index (χ3v) is 10.3. The van der Waals surface area contributed by atoms with Gasteiger partial charge in [-0.1, -0.05) is 107 Å². The van der Waals surface area contributed by atoms with Crippen molar-refractivity contribution in [1.82, 2.24) is 9.80 Å². The van der Waals surface area contributed by atoms with E-state index >= 15 is 0 Å². The molecule has 308 valence electrons. The molecule has 8 nitrogen and oxygen atoms in total. The average Bonchev–Trinajstić information content (AvgIpc) is 3.86. The molecule has 6 rings (SSSR count). The maximum absolute atomic E-state index is 12.9. The number of morpholine rings is 2. The van der Waals surface area contributed by atoms with E-state index in [-0.39, 0.29) is 70.9 Å². The molecule has 4 aliphatic rings. The van der Waals surface area contributed by atoms with E-state index in [1.807, 2.05) is 0 Å². The van der Waals surface area contributed by atoms with E-state index in [1.165, 1.54) is 36.8 Å². The Morgan fingerprint density at radius 1 is 0.429 bits per heavy atom. The van der Waals surface area contributed by atoms with E-state index in [0.717, 1.165) is 114 Å². The molecule has 0 saturated carbocycles. The summed E-state index contributed by atoms with van der Waals surface area (Å²) in [6, 6.07) is 8.47. The number of hydrogen-bond donors (Lipinski definition) is 0. The first-order valence-electron chi connectivity index (χ1n) is 20.6. The fourth-order valence-electron chi connectivity index (χ4n) is 6.61. The van der Waals surface area contributed by atoms with Crippen molar-refractivity contribution in [2.45, 2.75) is 144 Å². The van der Waals surface area contributed by atoms with Crippen LogP contribution < -0.4 is 47.9 Å². The molecule has 2 aromatic rings. The van der Waals surface area contributed by atoms with Gasteiger partial charge in [-0.25, -0.2) is 0 Å². The van der Waals surface area contributed by atoms with E-state index in [9.17, 15) is 10.2 Å². The first-order valence-corrected chi connectivity index (χ1v) is 20.6. The standard InChI is InChI=1S/2C19H31NO2.2C4H8O.2Li/c2*1-18(2,3)15-11-14(13-20-7-9-22-10-8-20)17(21)16(12-15)19(4,5)6;2*1-2-4-5-3-1;;/h2*11-12,21H,7-10,13H2,1-6H3;2*1-4H2;;/q;;;;2*+1/p-2. The molecule has 0 spiro atoms. The quantitative estimate of drug-likeness (QED) is 0.437. The zero-order valence-corrected chi connectivity index (χ0v) is 38.4. The van der Waals surface area contributed by atoms with Gasteiger partial charge in [0.15, 0.2) is 0 Å². The summed E-state index contributed by atoms with van der Waals surface area (Å²) in [5.74, 6) is 0.430. The molecule has 0 aliphatic carbocycles. The molecule has 0 unspecified atom stereocenters. The molecule has 4 saturated heterocycles.